The molecule has 1 aliphatic rings. The van der Waals surface area contributed by atoms with Crippen molar-refractivity contribution in [1.82, 2.24) is 5.32 Å². The fourth-order valence-corrected chi connectivity index (χ4v) is 2.77. The van der Waals surface area contributed by atoms with Gasteiger partial charge in [-0.05, 0) is 37.0 Å². The lowest BCUT2D eigenvalue weighted by Crippen LogP contribution is -2.50. The summed E-state index contributed by atoms with van der Waals surface area (Å²) in [4.78, 5) is 2.14. The number of hydrogen-bond acceptors (Lipinski definition) is 3. The molecule has 0 radical (unpaired) electrons. The molecule has 108 valence electrons. The van der Waals surface area contributed by atoms with E-state index in [0.29, 0.717) is 5.92 Å². The van der Waals surface area contributed by atoms with Crippen molar-refractivity contribution in [2.45, 2.75) is 33.2 Å². The predicted molar refractivity (Wildman–Crippen MR) is 79.3 cm³/mol. The van der Waals surface area contributed by atoms with Gasteiger partial charge in [-0.2, -0.15) is 5.26 Å². The molecule has 1 heterocycles. The van der Waals surface area contributed by atoms with Gasteiger partial charge in [0, 0.05) is 25.7 Å². The third kappa shape index (κ3) is 3.10. The van der Waals surface area contributed by atoms with E-state index in [2.05, 4.69) is 31.0 Å². The van der Waals surface area contributed by atoms with Crippen LogP contribution < -0.4 is 10.2 Å². The average Bonchev–Trinajstić information content (AvgIpc) is 2.38. The summed E-state index contributed by atoms with van der Waals surface area (Å²) < 4.78 is 14.2. The number of rotatable bonds is 3. The molecule has 0 saturated carbocycles. The first kappa shape index (κ1) is 14.8. The Balaban J connectivity index is 2.43. The molecule has 0 spiro atoms. The summed E-state index contributed by atoms with van der Waals surface area (Å²) in [5.41, 5.74) is 1.89. The van der Waals surface area contributed by atoms with Crippen molar-refractivity contribution in [3.05, 3.63) is 29.1 Å². The molecule has 2 rings (SSSR count). The highest BCUT2D eigenvalue weighted by Crippen LogP contribution is 2.28. The minimum absolute atomic E-state index is 0.172. The van der Waals surface area contributed by atoms with Gasteiger partial charge in [-0.15, -0.1) is 0 Å². The van der Waals surface area contributed by atoms with Gasteiger partial charge in [-0.3, -0.25) is 0 Å². The molecule has 1 aromatic carbocycles. The number of anilines is 1. The van der Waals surface area contributed by atoms with E-state index in [1.807, 2.05) is 12.1 Å². The molecule has 1 aromatic rings. The van der Waals surface area contributed by atoms with Gasteiger partial charge in [-0.25, -0.2) is 4.39 Å². The molecule has 0 bridgehead atoms. The molecule has 20 heavy (non-hydrogen) atoms. The summed E-state index contributed by atoms with van der Waals surface area (Å²) in [6.45, 7) is 8.86. The molecule has 1 fully saturated rings. The third-order valence-electron chi connectivity index (χ3n) is 3.70. The first-order valence-electron chi connectivity index (χ1n) is 7.22. The van der Waals surface area contributed by atoms with E-state index in [-0.39, 0.29) is 11.6 Å². The first-order chi connectivity index (χ1) is 9.52. The van der Waals surface area contributed by atoms with Gasteiger partial charge in [0.1, 0.15) is 17.4 Å². The first-order valence-corrected chi connectivity index (χ1v) is 7.22. The molecular formula is C16H22FN3. The minimum Gasteiger partial charge on any atom is -0.365 e. The van der Waals surface area contributed by atoms with Crippen molar-refractivity contribution < 1.29 is 4.39 Å². The maximum absolute atomic E-state index is 14.2. The van der Waals surface area contributed by atoms with Crippen LogP contribution in [-0.4, -0.2) is 25.7 Å². The van der Waals surface area contributed by atoms with Crippen molar-refractivity contribution in [3.63, 3.8) is 0 Å². The summed E-state index contributed by atoms with van der Waals surface area (Å²) >= 11 is 0. The second-order valence-electron chi connectivity index (χ2n) is 5.93. The van der Waals surface area contributed by atoms with Crippen LogP contribution in [0.1, 0.15) is 31.9 Å². The monoisotopic (exact) mass is 275 g/mol. The largest absolute Gasteiger partial charge is 0.365 e. The van der Waals surface area contributed by atoms with Crippen molar-refractivity contribution in [1.29, 1.82) is 5.26 Å². The topological polar surface area (TPSA) is 39.1 Å². The van der Waals surface area contributed by atoms with Crippen molar-refractivity contribution in [2.24, 2.45) is 5.92 Å². The normalized spacial score (nSPS) is 19.2. The Morgan fingerprint density at radius 1 is 1.50 bits per heavy atom. The highest BCUT2D eigenvalue weighted by Gasteiger charge is 2.23. The van der Waals surface area contributed by atoms with E-state index in [1.165, 1.54) is 6.07 Å². The zero-order valence-corrected chi connectivity index (χ0v) is 12.4. The Labute approximate surface area is 120 Å². The highest BCUT2D eigenvalue weighted by atomic mass is 19.1. The Kier molecular flexibility index (Phi) is 4.61. The van der Waals surface area contributed by atoms with E-state index >= 15 is 0 Å². The number of halogens is 1. The summed E-state index contributed by atoms with van der Waals surface area (Å²) in [6, 6.07) is 5.79. The van der Waals surface area contributed by atoms with Crippen LogP contribution in [0.5, 0.6) is 0 Å². The predicted octanol–water partition coefficient (Wildman–Crippen LogP) is 2.69. The number of nitrogens with one attached hydrogen (secondary N) is 1. The lowest BCUT2D eigenvalue weighted by Gasteiger charge is -2.36. The lowest BCUT2D eigenvalue weighted by molar-refractivity contribution is 0.498. The van der Waals surface area contributed by atoms with E-state index in [4.69, 9.17) is 0 Å². The number of hydrogen-bond donors (Lipinski definition) is 1. The molecule has 1 unspecified atom stereocenters. The summed E-state index contributed by atoms with van der Waals surface area (Å²) in [6.07, 6.45) is 0.829. The van der Waals surface area contributed by atoms with Crippen LogP contribution in [0, 0.1) is 23.1 Å². The molecule has 1 saturated heterocycles. The van der Waals surface area contributed by atoms with Gasteiger partial charge >= 0.3 is 0 Å². The van der Waals surface area contributed by atoms with Crippen LogP contribution in [-0.2, 0) is 6.42 Å². The zero-order valence-electron chi connectivity index (χ0n) is 12.4. The van der Waals surface area contributed by atoms with E-state index in [1.54, 1.807) is 0 Å². The number of nitrogens with zero attached hydrogens (tertiary/aromatic N) is 2. The fourth-order valence-electron chi connectivity index (χ4n) is 2.77. The molecule has 1 aliphatic heterocycles. The second-order valence-corrected chi connectivity index (χ2v) is 5.93. The number of nitriles is 1. The zero-order chi connectivity index (χ0) is 14.7. The molecule has 0 aromatic heterocycles. The quantitative estimate of drug-likeness (QED) is 0.922. The Morgan fingerprint density at radius 2 is 2.25 bits per heavy atom. The van der Waals surface area contributed by atoms with Gasteiger partial charge in [0.05, 0.1) is 5.69 Å². The third-order valence-corrected chi connectivity index (χ3v) is 3.70. The Morgan fingerprint density at radius 3 is 2.85 bits per heavy atom. The van der Waals surface area contributed by atoms with E-state index in [0.717, 1.165) is 37.3 Å². The van der Waals surface area contributed by atoms with Crippen LogP contribution in [0.3, 0.4) is 0 Å². The molecular weight excluding hydrogens is 253 g/mol. The van der Waals surface area contributed by atoms with E-state index < -0.39 is 5.82 Å². The van der Waals surface area contributed by atoms with Crippen LogP contribution >= 0.6 is 0 Å². The van der Waals surface area contributed by atoms with Gasteiger partial charge in [0.25, 0.3) is 0 Å². The van der Waals surface area contributed by atoms with Crippen molar-refractivity contribution >= 4 is 5.69 Å². The van der Waals surface area contributed by atoms with Crippen LogP contribution in [0.4, 0.5) is 10.1 Å². The molecule has 3 nitrogen and oxygen atoms in total. The fraction of sp³-hybridized carbons (Fsp3) is 0.562. The average molecular weight is 275 g/mol. The highest BCUT2D eigenvalue weighted by molar-refractivity contribution is 5.62. The smallest absolute Gasteiger partial charge is 0.143 e. The summed E-state index contributed by atoms with van der Waals surface area (Å²) in [5.74, 6) is 0.0713. The molecule has 0 aliphatic carbocycles. The van der Waals surface area contributed by atoms with Crippen molar-refractivity contribution in [3.8, 4) is 6.07 Å². The van der Waals surface area contributed by atoms with Crippen LogP contribution in [0.25, 0.3) is 0 Å². The minimum atomic E-state index is -0.397. The molecule has 0 amide bonds. The van der Waals surface area contributed by atoms with Gasteiger partial charge < -0.3 is 10.2 Å². The number of benzene rings is 1. The Hall–Kier alpha value is -1.60. The molecule has 4 heteroatoms. The van der Waals surface area contributed by atoms with Gasteiger partial charge in [-0.1, -0.05) is 13.8 Å². The summed E-state index contributed by atoms with van der Waals surface area (Å²) in [7, 11) is 0. The standard InChI is InChI=1S/C16H22FN3/c1-11(2)6-13-7-15(17)14(9-18)16(8-13)20-5-4-19-10-12(20)3/h7-8,11-12,19H,4-6,10H2,1-3H3. The SMILES string of the molecule is CC(C)Cc1cc(F)c(C#N)c(N2CCNCC2C)c1. The van der Waals surface area contributed by atoms with Crippen LogP contribution in [0.15, 0.2) is 12.1 Å². The Bertz CT molecular complexity index is 519. The molecule has 1 atom stereocenters. The molecule has 1 N–H and O–H groups in total. The van der Waals surface area contributed by atoms with Crippen molar-refractivity contribution in [2.75, 3.05) is 24.5 Å². The maximum atomic E-state index is 14.2. The van der Waals surface area contributed by atoms with Gasteiger partial charge in [0.15, 0.2) is 0 Å². The van der Waals surface area contributed by atoms with Crippen LogP contribution in [0.2, 0.25) is 0 Å². The maximum Gasteiger partial charge on any atom is 0.143 e. The lowest BCUT2D eigenvalue weighted by atomic mass is 9.99. The second kappa shape index (κ2) is 6.23. The summed E-state index contributed by atoms with van der Waals surface area (Å²) in [5, 5.41) is 12.6. The number of piperazine rings is 1. The van der Waals surface area contributed by atoms with Gasteiger partial charge in [0.2, 0.25) is 0 Å². The van der Waals surface area contributed by atoms with E-state index in [9.17, 15) is 9.65 Å².